The van der Waals surface area contributed by atoms with Crippen molar-refractivity contribution >= 4 is 17.3 Å². The average Bonchev–Trinajstić information content (AvgIpc) is 2.31. The molecule has 0 heterocycles. The van der Waals surface area contributed by atoms with Crippen molar-refractivity contribution in [1.82, 2.24) is 4.90 Å². The Morgan fingerprint density at radius 3 is 2.89 bits per heavy atom. The summed E-state index contributed by atoms with van der Waals surface area (Å²) in [5.41, 5.74) is 6.34. The fraction of sp³-hybridized carbons (Fsp3) is 0.462. The average molecular weight is 253 g/mol. The van der Waals surface area contributed by atoms with Crippen LogP contribution in [0.5, 0.6) is 0 Å². The summed E-state index contributed by atoms with van der Waals surface area (Å²) in [4.78, 5) is 13.6. The van der Waals surface area contributed by atoms with Crippen molar-refractivity contribution in [1.29, 1.82) is 0 Å². The number of anilines is 2. The van der Waals surface area contributed by atoms with Crippen LogP contribution in [0.25, 0.3) is 0 Å². The number of rotatable bonds is 6. The normalized spacial score (nSPS) is 10.7. The SMILES string of the molecule is CCCCN(C)CC(=O)Nc1cc(F)ccc1N. The van der Waals surface area contributed by atoms with Crippen LogP contribution in [-0.2, 0) is 4.79 Å². The first-order valence-electron chi connectivity index (χ1n) is 6.06. The van der Waals surface area contributed by atoms with E-state index in [4.69, 9.17) is 5.73 Å². The lowest BCUT2D eigenvalue weighted by Gasteiger charge is -2.16. The zero-order valence-corrected chi connectivity index (χ0v) is 10.9. The lowest BCUT2D eigenvalue weighted by Crippen LogP contribution is -2.31. The molecule has 0 bridgehead atoms. The van der Waals surface area contributed by atoms with Crippen molar-refractivity contribution < 1.29 is 9.18 Å². The Morgan fingerprint density at radius 2 is 2.22 bits per heavy atom. The number of unbranched alkanes of at least 4 members (excludes halogenated alkanes) is 1. The van der Waals surface area contributed by atoms with Gasteiger partial charge in [-0.25, -0.2) is 4.39 Å². The first-order valence-corrected chi connectivity index (χ1v) is 6.06. The number of nitrogens with two attached hydrogens (primary N) is 1. The maximum absolute atomic E-state index is 13.0. The Morgan fingerprint density at radius 1 is 1.50 bits per heavy atom. The van der Waals surface area contributed by atoms with Crippen LogP contribution in [0.4, 0.5) is 15.8 Å². The van der Waals surface area contributed by atoms with Crippen LogP contribution in [-0.4, -0.2) is 30.9 Å². The Bertz CT molecular complexity index is 409. The van der Waals surface area contributed by atoms with Crippen LogP contribution in [0.2, 0.25) is 0 Å². The van der Waals surface area contributed by atoms with Crippen LogP contribution >= 0.6 is 0 Å². The van der Waals surface area contributed by atoms with Crippen LogP contribution < -0.4 is 11.1 Å². The molecule has 0 aliphatic carbocycles. The van der Waals surface area contributed by atoms with Gasteiger partial charge < -0.3 is 11.1 Å². The Kier molecular flexibility index (Phi) is 5.58. The Labute approximate surface area is 107 Å². The number of likely N-dealkylation sites (N-methyl/N-ethyl adjacent to an activating group) is 1. The van der Waals surface area contributed by atoms with E-state index in [1.165, 1.54) is 18.2 Å². The second-order valence-electron chi connectivity index (χ2n) is 4.37. The first kappa shape index (κ1) is 14.4. The van der Waals surface area contributed by atoms with Gasteiger partial charge in [0.05, 0.1) is 17.9 Å². The highest BCUT2D eigenvalue weighted by Gasteiger charge is 2.08. The molecule has 1 amide bonds. The summed E-state index contributed by atoms with van der Waals surface area (Å²) in [5, 5.41) is 2.61. The zero-order chi connectivity index (χ0) is 13.5. The van der Waals surface area contributed by atoms with Crippen LogP contribution in [0.1, 0.15) is 19.8 Å². The summed E-state index contributed by atoms with van der Waals surface area (Å²) in [6.45, 7) is 3.24. The molecule has 0 fully saturated rings. The molecule has 5 heteroatoms. The molecule has 0 atom stereocenters. The second kappa shape index (κ2) is 6.96. The number of amides is 1. The number of nitrogen functional groups attached to an aromatic ring is 1. The minimum Gasteiger partial charge on any atom is -0.397 e. The van der Waals surface area contributed by atoms with E-state index in [0.717, 1.165) is 19.4 Å². The van der Waals surface area contributed by atoms with E-state index in [9.17, 15) is 9.18 Å². The third kappa shape index (κ3) is 4.71. The fourth-order valence-corrected chi connectivity index (χ4v) is 1.58. The van der Waals surface area contributed by atoms with Gasteiger partial charge in [-0.3, -0.25) is 9.69 Å². The number of carbonyl (C=O) groups excluding carboxylic acids is 1. The highest BCUT2D eigenvalue weighted by atomic mass is 19.1. The number of halogens is 1. The van der Waals surface area contributed by atoms with E-state index in [1.54, 1.807) is 0 Å². The largest absolute Gasteiger partial charge is 0.397 e. The fourth-order valence-electron chi connectivity index (χ4n) is 1.58. The summed E-state index contributed by atoms with van der Waals surface area (Å²) >= 11 is 0. The van der Waals surface area contributed by atoms with Gasteiger partial charge in [0.1, 0.15) is 5.82 Å². The number of nitrogens with zero attached hydrogens (tertiary/aromatic N) is 1. The minimum absolute atomic E-state index is 0.189. The molecular weight excluding hydrogens is 233 g/mol. The van der Waals surface area contributed by atoms with Crippen LogP contribution in [0, 0.1) is 5.82 Å². The van der Waals surface area contributed by atoms with Crippen LogP contribution in [0.3, 0.4) is 0 Å². The van der Waals surface area contributed by atoms with Gasteiger partial charge >= 0.3 is 0 Å². The van der Waals surface area contributed by atoms with E-state index >= 15 is 0 Å². The van der Waals surface area contributed by atoms with Gasteiger partial charge in [0.2, 0.25) is 5.91 Å². The molecule has 100 valence electrons. The highest BCUT2D eigenvalue weighted by Crippen LogP contribution is 2.18. The molecule has 3 N–H and O–H groups in total. The van der Waals surface area contributed by atoms with Gasteiger partial charge in [0, 0.05) is 0 Å². The smallest absolute Gasteiger partial charge is 0.238 e. The Balaban J connectivity index is 2.51. The monoisotopic (exact) mass is 253 g/mol. The van der Waals surface area contributed by atoms with Gasteiger partial charge in [-0.15, -0.1) is 0 Å². The van der Waals surface area contributed by atoms with Crippen molar-refractivity contribution in [3.8, 4) is 0 Å². The maximum Gasteiger partial charge on any atom is 0.238 e. The lowest BCUT2D eigenvalue weighted by atomic mass is 10.2. The van der Waals surface area contributed by atoms with Gasteiger partial charge in [-0.2, -0.15) is 0 Å². The molecule has 0 spiro atoms. The predicted octanol–water partition coefficient (Wildman–Crippen LogP) is 2.08. The van der Waals surface area contributed by atoms with Crippen molar-refractivity contribution in [3.63, 3.8) is 0 Å². The first-order chi connectivity index (χ1) is 8.52. The molecule has 0 saturated carbocycles. The van der Waals surface area contributed by atoms with Gasteiger partial charge in [0.25, 0.3) is 0 Å². The highest BCUT2D eigenvalue weighted by molar-refractivity contribution is 5.95. The molecule has 1 rings (SSSR count). The number of hydrogen-bond acceptors (Lipinski definition) is 3. The van der Waals surface area contributed by atoms with Gasteiger partial charge in [0.15, 0.2) is 0 Å². The van der Waals surface area contributed by atoms with Gasteiger partial charge in [-0.05, 0) is 38.2 Å². The van der Waals surface area contributed by atoms with Gasteiger partial charge in [-0.1, -0.05) is 13.3 Å². The number of carbonyl (C=O) groups is 1. The van der Waals surface area contributed by atoms with E-state index in [-0.39, 0.29) is 12.5 Å². The third-order valence-electron chi connectivity index (χ3n) is 2.60. The summed E-state index contributed by atoms with van der Waals surface area (Å²) in [6, 6.07) is 3.92. The molecule has 0 saturated heterocycles. The van der Waals surface area contributed by atoms with E-state index in [1.807, 2.05) is 11.9 Å². The van der Waals surface area contributed by atoms with Crippen molar-refractivity contribution in [3.05, 3.63) is 24.0 Å². The predicted molar refractivity (Wildman–Crippen MR) is 71.8 cm³/mol. The summed E-state index contributed by atoms with van der Waals surface area (Å²) in [6.07, 6.45) is 2.13. The van der Waals surface area contributed by atoms with Crippen LogP contribution in [0.15, 0.2) is 18.2 Å². The molecule has 1 aromatic carbocycles. The minimum atomic E-state index is -0.418. The molecule has 18 heavy (non-hydrogen) atoms. The third-order valence-corrected chi connectivity index (χ3v) is 2.60. The number of hydrogen-bond donors (Lipinski definition) is 2. The Hall–Kier alpha value is -1.62. The summed E-state index contributed by atoms with van der Waals surface area (Å²) in [5.74, 6) is -0.607. The second-order valence-corrected chi connectivity index (χ2v) is 4.37. The molecule has 0 aliphatic rings. The van der Waals surface area contributed by atoms with Crippen molar-refractivity contribution in [2.45, 2.75) is 19.8 Å². The molecule has 0 aliphatic heterocycles. The van der Waals surface area contributed by atoms with E-state index in [0.29, 0.717) is 11.4 Å². The molecule has 0 aromatic heterocycles. The summed E-state index contributed by atoms with van der Waals surface area (Å²) < 4.78 is 13.0. The van der Waals surface area contributed by atoms with E-state index in [2.05, 4.69) is 12.2 Å². The zero-order valence-electron chi connectivity index (χ0n) is 10.9. The molecular formula is C13H20FN3O. The standard InChI is InChI=1S/C13H20FN3O/c1-3-4-7-17(2)9-13(18)16-12-8-10(14)5-6-11(12)15/h5-6,8H,3-4,7,9,15H2,1-2H3,(H,16,18). The lowest BCUT2D eigenvalue weighted by molar-refractivity contribution is -0.117. The molecule has 0 unspecified atom stereocenters. The summed E-state index contributed by atoms with van der Waals surface area (Å²) in [7, 11) is 1.88. The molecule has 0 radical (unpaired) electrons. The van der Waals surface area contributed by atoms with E-state index < -0.39 is 5.82 Å². The maximum atomic E-state index is 13.0. The number of nitrogens with one attached hydrogen (secondary N) is 1. The van der Waals surface area contributed by atoms with Crippen molar-refractivity contribution in [2.75, 3.05) is 31.2 Å². The topological polar surface area (TPSA) is 58.4 Å². The number of benzene rings is 1. The molecule has 1 aromatic rings. The van der Waals surface area contributed by atoms with Crippen molar-refractivity contribution in [2.24, 2.45) is 0 Å². The molecule has 4 nitrogen and oxygen atoms in total. The quantitative estimate of drug-likeness (QED) is 0.763.